The molecule has 144 valence electrons. The number of aromatic nitrogens is 1. The lowest BCUT2D eigenvalue weighted by molar-refractivity contribution is 0.0931. The van der Waals surface area contributed by atoms with Crippen molar-refractivity contribution < 1.29 is 4.79 Å². The molecule has 1 N–H and O–H groups in total. The Balaban J connectivity index is 1.45. The summed E-state index contributed by atoms with van der Waals surface area (Å²) < 4.78 is 0. The van der Waals surface area contributed by atoms with Crippen molar-refractivity contribution in [2.45, 2.75) is 18.9 Å². The van der Waals surface area contributed by atoms with Crippen LogP contribution in [0.4, 0.5) is 5.82 Å². The minimum absolute atomic E-state index is 0.0809. The average molecular weight is 435 g/mol. The van der Waals surface area contributed by atoms with E-state index in [1.54, 1.807) is 18.2 Å². The molecule has 28 heavy (non-hydrogen) atoms. The van der Waals surface area contributed by atoms with Crippen LogP contribution in [0.3, 0.4) is 0 Å². The van der Waals surface area contributed by atoms with E-state index in [2.05, 4.69) is 15.2 Å². The molecule has 0 radical (unpaired) electrons. The van der Waals surface area contributed by atoms with Crippen molar-refractivity contribution in [3.63, 3.8) is 0 Å². The molecule has 0 bridgehead atoms. The maximum absolute atomic E-state index is 12.6. The quantitative estimate of drug-likeness (QED) is 0.584. The molecule has 1 aliphatic heterocycles. The highest BCUT2D eigenvalue weighted by atomic mass is 35.5. The molecule has 1 aromatic heterocycles. The largest absolute Gasteiger partial charge is 0.356 e. The van der Waals surface area contributed by atoms with E-state index in [0.29, 0.717) is 15.6 Å². The first-order chi connectivity index (χ1) is 13.5. The lowest BCUT2D eigenvalue weighted by Gasteiger charge is -2.33. The lowest BCUT2D eigenvalue weighted by Crippen LogP contribution is -2.45. The SMILES string of the molecule is O=C(NC1CCN(c2nccc3ccc(Cl)cc23)CC1)c1cccc(Cl)c1Cl. The fraction of sp³-hybridized carbons (Fsp3) is 0.238. The number of benzene rings is 2. The van der Waals surface area contributed by atoms with E-state index in [0.717, 1.165) is 42.5 Å². The molecule has 1 saturated heterocycles. The normalized spacial score (nSPS) is 15.0. The van der Waals surface area contributed by atoms with Gasteiger partial charge in [0.2, 0.25) is 0 Å². The Morgan fingerprint density at radius 1 is 1.07 bits per heavy atom. The molecule has 0 saturated carbocycles. The number of hydrogen-bond acceptors (Lipinski definition) is 3. The van der Waals surface area contributed by atoms with Crippen molar-refractivity contribution in [3.8, 4) is 0 Å². The highest BCUT2D eigenvalue weighted by Gasteiger charge is 2.24. The standard InChI is InChI=1S/C21H18Cl3N3O/c22-14-5-4-13-6-9-25-20(17(13)12-14)27-10-7-15(8-11-27)26-21(28)16-2-1-3-18(23)19(16)24/h1-6,9,12,15H,7-8,10-11H2,(H,26,28). The summed E-state index contributed by atoms with van der Waals surface area (Å²) in [6.45, 7) is 1.60. The predicted octanol–water partition coefficient (Wildman–Crippen LogP) is 5.59. The van der Waals surface area contributed by atoms with Crippen LogP contribution in [0.25, 0.3) is 10.8 Å². The second kappa shape index (κ2) is 8.16. The highest BCUT2D eigenvalue weighted by molar-refractivity contribution is 6.43. The third-order valence-corrected chi connectivity index (χ3v) is 6.09. The molecule has 0 spiro atoms. The summed E-state index contributed by atoms with van der Waals surface area (Å²) in [5.41, 5.74) is 0.405. The molecule has 2 aromatic carbocycles. The van der Waals surface area contributed by atoms with E-state index in [1.807, 2.05) is 30.5 Å². The second-order valence-electron chi connectivity index (χ2n) is 6.84. The molecular formula is C21H18Cl3N3O. The van der Waals surface area contributed by atoms with E-state index >= 15 is 0 Å². The van der Waals surface area contributed by atoms with Gasteiger partial charge in [-0.25, -0.2) is 4.98 Å². The Hall–Kier alpha value is -2.01. The van der Waals surface area contributed by atoms with Gasteiger partial charge < -0.3 is 10.2 Å². The zero-order valence-electron chi connectivity index (χ0n) is 15.0. The van der Waals surface area contributed by atoms with Crippen molar-refractivity contribution in [2.24, 2.45) is 0 Å². The third-order valence-electron chi connectivity index (χ3n) is 5.03. The van der Waals surface area contributed by atoms with Gasteiger partial charge in [-0.05, 0) is 48.6 Å². The Bertz CT molecular complexity index is 1030. The van der Waals surface area contributed by atoms with Crippen molar-refractivity contribution in [1.29, 1.82) is 0 Å². The van der Waals surface area contributed by atoms with Crippen LogP contribution >= 0.6 is 34.8 Å². The summed E-state index contributed by atoms with van der Waals surface area (Å²) in [5, 5.41) is 6.59. The van der Waals surface area contributed by atoms with Gasteiger partial charge in [0.1, 0.15) is 5.82 Å². The molecule has 4 rings (SSSR count). The van der Waals surface area contributed by atoms with Gasteiger partial charge in [-0.15, -0.1) is 0 Å². The number of carbonyl (C=O) groups is 1. The van der Waals surface area contributed by atoms with Gasteiger partial charge in [-0.2, -0.15) is 0 Å². The maximum atomic E-state index is 12.6. The van der Waals surface area contributed by atoms with Gasteiger partial charge in [0.05, 0.1) is 15.6 Å². The molecule has 3 aromatic rings. The molecule has 1 fully saturated rings. The van der Waals surface area contributed by atoms with E-state index in [-0.39, 0.29) is 17.0 Å². The zero-order valence-corrected chi connectivity index (χ0v) is 17.2. The number of fused-ring (bicyclic) bond motifs is 1. The van der Waals surface area contributed by atoms with Crippen LogP contribution in [0.2, 0.25) is 15.1 Å². The molecule has 1 aliphatic rings. The minimum Gasteiger partial charge on any atom is -0.356 e. The number of hydrogen-bond donors (Lipinski definition) is 1. The van der Waals surface area contributed by atoms with Gasteiger partial charge >= 0.3 is 0 Å². The van der Waals surface area contributed by atoms with E-state index in [9.17, 15) is 4.79 Å². The molecule has 1 amide bonds. The van der Waals surface area contributed by atoms with Crippen LogP contribution in [0.5, 0.6) is 0 Å². The van der Waals surface area contributed by atoms with Crippen molar-refractivity contribution in [3.05, 3.63) is 69.3 Å². The van der Waals surface area contributed by atoms with E-state index < -0.39 is 0 Å². The van der Waals surface area contributed by atoms with Crippen molar-refractivity contribution in [2.75, 3.05) is 18.0 Å². The summed E-state index contributed by atoms with van der Waals surface area (Å²) in [6, 6.07) is 13.0. The monoisotopic (exact) mass is 433 g/mol. The van der Waals surface area contributed by atoms with Crippen LogP contribution in [-0.4, -0.2) is 30.0 Å². The fourth-order valence-electron chi connectivity index (χ4n) is 3.56. The van der Waals surface area contributed by atoms with Crippen molar-refractivity contribution in [1.82, 2.24) is 10.3 Å². The number of piperidine rings is 1. The van der Waals surface area contributed by atoms with Crippen LogP contribution in [0.1, 0.15) is 23.2 Å². The number of rotatable bonds is 3. The predicted molar refractivity (Wildman–Crippen MR) is 116 cm³/mol. The average Bonchev–Trinajstić information content (AvgIpc) is 2.70. The summed E-state index contributed by atoms with van der Waals surface area (Å²) in [4.78, 5) is 19.4. The van der Waals surface area contributed by atoms with E-state index in [4.69, 9.17) is 34.8 Å². The Kier molecular flexibility index (Phi) is 5.63. The van der Waals surface area contributed by atoms with Crippen molar-refractivity contribution >= 4 is 57.3 Å². The first-order valence-corrected chi connectivity index (χ1v) is 10.2. The third kappa shape index (κ3) is 3.90. The number of anilines is 1. The van der Waals surface area contributed by atoms with Crippen LogP contribution in [0, 0.1) is 0 Å². The first kappa shape index (κ1) is 19.3. The summed E-state index contributed by atoms with van der Waals surface area (Å²) in [6.07, 6.45) is 3.46. The Morgan fingerprint density at radius 2 is 1.86 bits per heavy atom. The molecule has 7 heteroatoms. The summed E-state index contributed by atoms with van der Waals surface area (Å²) in [7, 11) is 0. The molecule has 4 nitrogen and oxygen atoms in total. The van der Waals surface area contributed by atoms with Gasteiger partial charge in [0.15, 0.2) is 0 Å². The fourth-order valence-corrected chi connectivity index (χ4v) is 4.11. The molecule has 0 aliphatic carbocycles. The first-order valence-electron chi connectivity index (χ1n) is 9.07. The lowest BCUT2D eigenvalue weighted by atomic mass is 10.0. The summed E-state index contributed by atoms with van der Waals surface area (Å²) in [5.74, 6) is 0.740. The van der Waals surface area contributed by atoms with Crippen LogP contribution in [-0.2, 0) is 0 Å². The summed E-state index contributed by atoms with van der Waals surface area (Å²) >= 11 is 18.3. The van der Waals surface area contributed by atoms with E-state index in [1.165, 1.54) is 0 Å². The number of pyridine rings is 1. The topological polar surface area (TPSA) is 45.2 Å². The van der Waals surface area contributed by atoms with Gasteiger partial charge in [0, 0.05) is 35.7 Å². The van der Waals surface area contributed by atoms with Gasteiger partial charge in [0.25, 0.3) is 5.91 Å². The zero-order chi connectivity index (χ0) is 19.7. The molecule has 2 heterocycles. The number of halogens is 3. The molecule has 0 atom stereocenters. The Morgan fingerprint density at radius 3 is 2.64 bits per heavy atom. The minimum atomic E-state index is -0.194. The maximum Gasteiger partial charge on any atom is 0.253 e. The number of nitrogens with one attached hydrogen (secondary N) is 1. The Labute approximate surface area is 178 Å². The smallest absolute Gasteiger partial charge is 0.253 e. The van der Waals surface area contributed by atoms with Gasteiger partial charge in [-0.3, -0.25) is 4.79 Å². The molecular weight excluding hydrogens is 417 g/mol. The van der Waals surface area contributed by atoms with Gasteiger partial charge in [-0.1, -0.05) is 46.9 Å². The number of amides is 1. The number of nitrogens with zero attached hydrogens (tertiary/aromatic N) is 2. The molecule has 0 unspecified atom stereocenters. The van der Waals surface area contributed by atoms with Crippen LogP contribution in [0.15, 0.2) is 48.7 Å². The highest BCUT2D eigenvalue weighted by Crippen LogP contribution is 2.29. The van der Waals surface area contributed by atoms with Crippen LogP contribution < -0.4 is 10.2 Å². The number of carbonyl (C=O) groups excluding carboxylic acids is 1. The second-order valence-corrected chi connectivity index (χ2v) is 8.06.